The van der Waals surface area contributed by atoms with E-state index in [0.29, 0.717) is 28.2 Å². The Labute approximate surface area is 210 Å². The summed E-state index contributed by atoms with van der Waals surface area (Å²) in [6, 6.07) is 12.2. The first-order valence-electron chi connectivity index (χ1n) is 12.8. The maximum absolute atomic E-state index is 13.5. The summed E-state index contributed by atoms with van der Waals surface area (Å²) in [5.74, 6) is 0.430. The molecule has 6 rings (SSSR count). The van der Waals surface area contributed by atoms with E-state index in [2.05, 4.69) is 52.6 Å². The molecule has 1 saturated carbocycles. The zero-order chi connectivity index (χ0) is 24.7. The zero-order valence-electron chi connectivity index (χ0n) is 20.8. The number of aromatic nitrogens is 5. The molecule has 0 spiro atoms. The molecule has 0 amide bonds. The van der Waals surface area contributed by atoms with Crippen LogP contribution in [-0.2, 0) is 12.0 Å². The Hall–Kier alpha value is -3.65. The number of rotatable bonds is 4. The average molecular weight is 482 g/mol. The minimum absolute atomic E-state index is 0.0903. The van der Waals surface area contributed by atoms with Crippen molar-refractivity contribution in [2.24, 2.45) is 0 Å². The molecule has 0 saturated heterocycles. The summed E-state index contributed by atoms with van der Waals surface area (Å²) < 4.78 is 1.65. The van der Waals surface area contributed by atoms with Crippen LogP contribution in [0.5, 0.6) is 0 Å². The first-order valence-corrected chi connectivity index (χ1v) is 12.8. The number of pyridine rings is 1. The Balaban J connectivity index is 1.43. The Morgan fingerprint density at radius 2 is 1.94 bits per heavy atom. The Morgan fingerprint density at radius 1 is 1.08 bits per heavy atom. The van der Waals surface area contributed by atoms with Gasteiger partial charge >= 0.3 is 0 Å². The van der Waals surface area contributed by atoms with Crippen LogP contribution in [0.1, 0.15) is 63.1 Å². The van der Waals surface area contributed by atoms with Crippen LogP contribution < -0.4 is 16.2 Å². The van der Waals surface area contributed by atoms with Crippen molar-refractivity contribution in [1.29, 1.82) is 0 Å². The van der Waals surface area contributed by atoms with E-state index in [9.17, 15) is 4.79 Å². The van der Waals surface area contributed by atoms with Gasteiger partial charge in [-0.2, -0.15) is 5.10 Å². The fourth-order valence-corrected chi connectivity index (χ4v) is 5.56. The largest absolute Gasteiger partial charge is 0.324 e. The van der Waals surface area contributed by atoms with E-state index in [1.807, 2.05) is 18.2 Å². The fourth-order valence-electron chi connectivity index (χ4n) is 5.56. The third kappa shape index (κ3) is 4.15. The topological polar surface area (TPSA) is 97.6 Å². The predicted molar refractivity (Wildman–Crippen MR) is 141 cm³/mol. The quantitative estimate of drug-likeness (QED) is 0.429. The summed E-state index contributed by atoms with van der Waals surface area (Å²) in [5, 5.41) is 12.1. The highest BCUT2D eigenvalue weighted by Gasteiger charge is 2.27. The third-order valence-electron chi connectivity index (χ3n) is 7.46. The molecule has 0 atom stereocenters. The lowest BCUT2D eigenvalue weighted by molar-refractivity contribution is 0.321. The Bertz CT molecular complexity index is 1470. The van der Waals surface area contributed by atoms with Crippen LogP contribution in [0.15, 0.2) is 53.6 Å². The lowest BCUT2D eigenvalue weighted by atomic mass is 9.79. The zero-order valence-corrected chi connectivity index (χ0v) is 20.8. The molecule has 0 bridgehead atoms. The number of anilines is 2. The minimum atomic E-state index is -0.134. The summed E-state index contributed by atoms with van der Waals surface area (Å²) >= 11 is 0. The minimum Gasteiger partial charge on any atom is -0.324 e. The molecule has 1 fully saturated rings. The van der Waals surface area contributed by atoms with Gasteiger partial charge in [0.25, 0.3) is 5.56 Å². The second-order valence-electron chi connectivity index (χ2n) is 10.5. The first kappa shape index (κ1) is 22.8. The number of nitrogens with zero attached hydrogens (tertiary/aromatic N) is 5. The molecule has 184 valence electrons. The van der Waals surface area contributed by atoms with Gasteiger partial charge in [0.15, 0.2) is 0 Å². The molecule has 8 nitrogen and oxygen atoms in total. The molecule has 8 heteroatoms. The molecule has 4 aromatic rings. The molecule has 3 aromatic heterocycles. The fraction of sp³-hybridized carbons (Fsp3) is 0.393. The van der Waals surface area contributed by atoms with Crippen molar-refractivity contribution in [2.75, 3.05) is 11.9 Å². The van der Waals surface area contributed by atoms with Crippen molar-refractivity contribution in [1.82, 2.24) is 30.0 Å². The maximum atomic E-state index is 13.5. The van der Waals surface area contributed by atoms with Crippen molar-refractivity contribution in [3.05, 3.63) is 70.3 Å². The number of hydrogen-bond donors (Lipinski definition) is 2. The number of benzene rings is 1. The number of nitrogens with one attached hydrogen (secondary N) is 2. The van der Waals surface area contributed by atoms with Gasteiger partial charge in [0.2, 0.25) is 5.95 Å². The van der Waals surface area contributed by atoms with Gasteiger partial charge < -0.3 is 10.6 Å². The van der Waals surface area contributed by atoms with E-state index in [1.165, 1.54) is 17.5 Å². The second kappa shape index (κ2) is 9.09. The Morgan fingerprint density at radius 3 is 2.75 bits per heavy atom. The molecular weight excluding hydrogens is 450 g/mol. The van der Waals surface area contributed by atoms with E-state index in [0.717, 1.165) is 44.5 Å². The van der Waals surface area contributed by atoms with E-state index in [1.54, 1.807) is 17.1 Å². The molecule has 0 radical (unpaired) electrons. The molecule has 0 unspecified atom stereocenters. The molecule has 1 aliphatic heterocycles. The SMILES string of the molecule is CC1(C)CNCc2cc(Nc3ncc4c(=O)n(C5CCCCC5)nc(-c5ccccn5)c4n3)ccc21. The van der Waals surface area contributed by atoms with Gasteiger partial charge in [-0.15, -0.1) is 0 Å². The highest BCUT2D eigenvalue weighted by atomic mass is 16.1. The molecular formula is C28H31N7O. The van der Waals surface area contributed by atoms with Crippen LogP contribution in [-0.4, -0.2) is 31.3 Å². The molecule has 2 aliphatic rings. The molecule has 1 aliphatic carbocycles. The Kier molecular flexibility index (Phi) is 5.76. The normalized spacial score (nSPS) is 17.6. The monoisotopic (exact) mass is 481 g/mol. The summed E-state index contributed by atoms with van der Waals surface area (Å²) in [5.41, 5.74) is 5.31. The van der Waals surface area contributed by atoms with Crippen LogP contribution in [0.3, 0.4) is 0 Å². The van der Waals surface area contributed by atoms with E-state index in [-0.39, 0.29) is 17.0 Å². The van der Waals surface area contributed by atoms with E-state index >= 15 is 0 Å². The first-order chi connectivity index (χ1) is 17.5. The van der Waals surface area contributed by atoms with Gasteiger partial charge in [0.05, 0.1) is 17.1 Å². The number of fused-ring (bicyclic) bond motifs is 2. The summed E-state index contributed by atoms with van der Waals surface area (Å²) in [4.78, 5) is 27.3. The van der Waals surface area contributed by atoms with Crippen molar-refractivity contribution in [3.63, 3.8) is 0 Å². The van der Waals surface area contributed by atoms with Crippen LogP contribution in [0, 0.1) is 0 Å². The van der Waals surface area contributed by atoms with Gasteiger partial charge in [-0.3, -0.25) is 9.78 Å². The maximum Gasteiger partial charge on any atom is 0.278 e. The van der Waals surface area contributed by atoms with Crippen LogP contribution in [0.2, 0.25) is 0 Å². The predicted octanol–water partition coefficient (Wildman–Crippen LogP) is 4.88. The van der Waals surface area contributed by atoms with Gasteiger partial charge in [0, 0.05) is 36.6 Å². The van der Waals surface area contributed by atoms with Gasteiger partial charge in [0.1, 0.15) is 11.2 Å². The molecule has 2 N–H and O–H groups in total. The third-order valence-corrected chi connectivity index (χ3v) is 7.46. The van der Waals surface area contributed by atoms with Crippen LogP contribution in [0.4, 0.5) is 11.6 Å². The molecule has 36 heavy (non-hydrogen) atoms. The second-order valence-corrected chi connectivity index (χ2v) is 10.5. The highest BCUT2D eigenvalue weighted by Crippen LogP contribution is 2.32. The van der Waals surface area contributed by atoms with Crippen molar-refractivity contribution in [2.45, 2.75) is 64.0 Å². The van der Waals surface area contributed by atoms with Gasteiger partial charge in [-0.05, 0) is 48.2 Å². The highest BCUT2D eigenvalue weighted by molar-refractivity contribution is 5.89. The van der Waals surface area contributed by atoms with Gasteiger partial charge in [-0.25, -0.2) is 14.6 Å². The van der Waals surface area contributed by atoms with Gasteiger partial charge in [-0.1, -0.05) is 45.2 Å². The number of hydrogen-bond acceptors (Lipinski definition) is 7. The van der Waals surface area contributed by atoms with Crippen molar-refractivity contribution in [3.8, 4) is 11.4 Å². The van der Waals surface area contributed by atoms with Crippen LogP contribution in [0.25, 0.3) is 22.3 Å². The van der Waals surface area contributed by atoms with Crippen LogP contribution >= 0.6 is 0 Å². The molecule has 4 heterocycles. The van der Waals surface area contributed by atoms with E-state index in [4.69, 9.17) is 10.1 Å². The smallest absolute Gasteiger partial charge is 0.278 e. The standard InChI is InChI=1S/C28H31N7O/c1-28(2)17-29-15-18-14-19(11-12-22(18)28)32-27-31-16-21-24(33-27)25(23-10-6-7-13-30-23)34-35(26(21)36)20-8-4-3-5-9-20/h6-7,10-14,16,20,29H,3-5,8-9,15,17H2,1-2H3,(H,31,32,33). The summed E-state index contributed by atoms with van der Waals surface area (Å²) in [7, 11) is 0. The average Bonchev–Trinajstić information content (AvgIpc) is 2.90. The van der Waals surface area contributed by atoms with Crippen molar-refractivity contribution < 1.29 is 0 Å². The molecule has 1 aromatic carbocycles. The van der Waals surface area contributed by atoms with E-state index < -0.39 is 0 Å². The van der Waals surface area contributed by atoms with Crippen molar-refractivity contribution >= 4 is 22.5 Å². The summed E-state index contributed by atoms with van der Waals surface area (Å²) in [6.07, 6.45) is 8.73. The lowest BCUT2D eigenvalue weighted by Gasteiger charge is -2.33. The lowest BCUT2D eigenvalue weighted by Crippen LogP contribution is -2.38. The summed E-state index contributed by atoms with van der Waals surface area (Å²) in [6.45, 7) is 6.30.